The fourth-order valence-corrected chi connectivity index (χ4v) is 3.94. The molecule has 1 aliphatic heterocycles. The molecule has 0 fully saturated rings. The number of rotatable bonds is 6. The number of carbonyl (C=O) groups excluding carboxylic acids is 2. The van der Waals surface area contributed by atoms with Gasteiger partial charge in [-0.15, -0.1) is 0 Å². The van der Waals surface area contributed by atoms with Crippen LogP contribution in [0.5, 0.6) is 0 Å². The van der Waals surface area contributed by atoms with E-state index in [4.69, 9.17) is 4.74 Å². The minimum atomic E-state index is -0.707. The molecular formula is C23H30N4O4. The second kappa shape index (κ2) is 8.19. The van der Waals surface area contributed by atoms with Crippen LogP contribution < -0.4 is 21.1 Å². The van der Waals surface area contributed by atoms with Crippen LogP contribution in [0.2, 0.25) is 0 Å². The van der Waals surface area contributed by atoms with Gasteiger partial charge in [-0.2, -0.15) is 0 Å². The van der Waals surface area contributed by atoms with Gasteiger partial charge in [-0.05, 0) is 58.4 Å². The number of benzene rings is 1. The molecule has 0 spiro atoms. The van der Waals surface area contributed by atoms with E-state index >= 15 is 0 Å². The van der Waals surface area contributed by atoms with Crippen molar-refractivity contribution in [3.05, 3.63) is 51.4 Å². The molecule has 0 aliphatic carbocycles. The van der Waals surface area contributed by atoms with E-state index in [1.54, 1.807) is 32.0 Å². The predicted molar refractivity (Wildman–Crippen MR) is 122 cm³/mol. The van der Waals surface area contributed by atoms with Crippen LogP contribution in [-0.2, 0) is 22.0 Å². The number of nitrogens with one attached hydrogen (secondary N) is 2. The fraction of sp³-hybridized carbons (Fsp3) is 0.435. The van der Waals surface area contributed by atoms with Gasteiger partial charge in [-0.25, -0.2) is 0 Å². The van der Waals surface area contributed by atoms with E-state index < -0.39 is 5.41 Å². The lowest BCUT2D eigenvalue weighted by Crippen LogP contribution is -2.33. The number of carbonyl (C=O) groups is 2. The predicted octanol–water partition coefficient (Wildman–Crippen LogP) is 2.99. The zero-order chi connectivity index (χ0) is 23.1. The molecule has 8 nitrogen and oxygen atoms in total. The van der Waals surface area contributed by atoms with E-state index in [0.29, 0.717) is 29.1 Å². The molecule has 1 aromatic carbocycles. The van der Waals surface area contributed by atoms with Gasteiger partial charge in [0, 0.05) is 38.1 Å². The number of nitrogens with zero attached hydrogens (tertiary/aromatic N) is 2. The van der Waals surface area contributed by atoms with Gasteiger partial charge in [0.25, 0.3) is 11.5 Å². The van der Waals surface area contributed by atoms with Crippen LogP contribution in [0.25, 0.3) is 0 Å². The first-order valence-corrected chi connectivity index (χ1v) is 10.3. The Labute approximate surface area is 182 Å². The van der Waals surface area contributed by atoms with Gasteiger partial charge in [0.2, 0.25) is 5.91 Å². The first-order chi connectivity index (χ1) is 14.5. The first-order valence-electron chi connectivity index (χ1n) is 10.3. The minimum Gasteiger partial charge on any atom is -0.359 e. The molecule has 1 aromatic heterocycles. The van der Waals surface area contributed by atoms with Crippen molar-refractivity contribution in [2.24, 2.45) is 7.05 Å². The smallest absolute Gasteiger partial charge is 0.257 e. The number of fused-ring (bicyclic) bond motifs is 1. The molecular weight excluding hydrogens is 396 g/mol. The van der Waals surface area contributed by atoms with Crippen molar-refractivity contribution in [1.82, 2.24) is 4.57 Å². The normalized spacial score (nSPS) is 15.6. The van der Waals surface area contributed by atoms with Gasteiger partial charge in [0.05, 0.1) is 22.4 Å². The number of pyridine rings is 1. The number of anilines is 3. The quantitative estimate of drug-likeness (QED) is 0.693. The highest BCUT2D eigenvalue weighted by atomic mass is 16.5. The summed E-state index contributed by atoms with van der Waals surface area (Å²) in [5.74, 6) is -0.357. The number of hydrogen-bond donors (Lipinski definition) is 2. The van der Waals surface area contributed by atoms with Gasteiger partial charge in [-0.3, -0.25) is 14.4 Å². The standard InChI is InChI=1S/C23H30N4O4/c1-8-31-14(3)24-18-11-19-16(23(4,5)22(30)27(19)7)10-17(18)25-20(28)15-9-13(2)21(29)26(6)12-15/h9-12,14,24H,8H2,1-7H3,(H,25,28)/t14-/m1/s1. The summed E-state index contributed by atoms with van der Waals surface area (Å²) in [7, 11) is 3.36. The maximum Gasteiger partial charge on any atom is 0.257 e. The number of ether oxygens (including phenoxy) is 1. The van der Waals surface area contributed by atoms with E-state index in [1.165, 1.54) is 10.8 Å². The zero-order valence-electron chi connectivity index (χ0n) is 19.1. The first kappa shape index (κ1) is 22.6. The summed E-state index contributed by atoms with van der Waals surface area (Å²) in [5, 5.41) is 6.21. The van der Waals surface area contributed by atoms with E-state index in [0.717, 1.165) is 11.3 Å². The molecule has 0 radical (unpaired) electrons. The summed E-state index contributed by atoms with van der Waals surface area (Å²) in [6.07, 6.45) is 1.21. The summed E-state index contributed by atoms with van der Waals surface area (Å²) in [4.78, 5) is 39.4. The van der Waals surface area contributed by atoms with E-state index in [2.05, 4.69) is 10.6 Å². The second-order valence-corrected chi connectivity index (χ2v) is 8.43. The molecule has 2 N–H and O–H groups in total. The molecule has 2 amide bonds. The molecule has 1 aliphatic rings. The number of likely N-dealkylation sites (N-methyl/N-ethyl adjacent to an activating group) is 1. The van der Waals surface area contributed by atoms with Crippen LogP contribution in [0, 0.1) is 6.92 Å². The highest BCUT2D eigenvalue weighted by Gasteiger charge is 2.43. The molecule has 1 atom stereocenters. The SMILES string of the molecule is CCO[C@H](C)Nc1cc2c(cc1NC(=O)c1cc(C)c(=O)n(C)c1)C(C)(C)C(=O)N2C. The van der Waals surface area contributed by atoms with Crippen LogP contribution >= 0.6 is 0 Å². The lowest BCUT2D eigenvalue weighted by Gasteiger charge is -2.22. The maximum atomic E-state index is 13.0. The van der Waals surface area contributed by atoms with Crippen molar-refractivity contribution < 1.29 is 14.3 Å². The molecule has 8 heteroatoms. The van der Waals surface area contributed by atoms with Gasteiger partial charge < -0.3 is 24.8 Å². The van der Waals surface area contributed by atoms with Crippen molar-refractivity contribution in [2.45, 2.75) is 46.3 Å². The Morgan fingerprint density at radius 1 is 1.16 bits per heavy atom. The van der Waals surface area contributed by atoms with Crippen LogP contribution in [0.1, 0.15) is 49.2 Å². The summed E-state index contributed by atoms with van der Waals surface area (Å²) < 4.78 is 6.99. The van der Waals surface area contributed by atoms with E-state index in [9.17, 15) is 14.4 Å². The Hall–Kier alpha value is -3.13. The van der Waals surface area contributed by atoms with Gasteiger partial charge in [0.15, 0.2) is 0 Å². The van der Waals surface area contributed by atoms with Crippen molar-refractivity contribution >= 4 is 28.9 Å². The monoisotopic (exact) mass is 426 g/mol. The van der Waals surface area contributed by atoms with Gasteiger partial charge >= 0.3 is 0 Å². The lowest BCUT2D eigenvalue weighted by atomic mass is 9.85. The Kier molecular flexibility index (Phi) is 5.96. The molecule has 2 heterocycles. The molecule has 31 heavy (non-hydrogen) atoms. The number of aromatic nitrogens is 1. The van der Waals surface area contributed by atoms with Crippen LogP contribution in [0.4, 0.5) is 17.1 Å². The van der Waals surface area contributed by atoms with E-state index in [-0.39, 0.29) is 23.6 Å². The molecule has 2 aromatic rings. The maximum absolute atomic E-state index is 13.0. The zero-order valence-corrected chi connectivity index (χ0v) is 19.1. The van der Waals surface area contributed by atoms with Crippen molar-refractivity contribution in [2.75, 3.05) is 29.2 Å². The summed E-state index contributed by atoms with van der Waals surface area (Å²) >= 11 is 0. The summed E-state index contributed by atoms with van der Waals surface area (Å²) in [5.41, 5.74) is 2.81. The Morgan fingerprint density at radius 3 is 2.45 bits per heavy atom. The fourth-order valence-electron chi connectivity index (χ4n) is 3.94. The molecule has 3 rings (SSSR count). The number of aryl methyl sites for hydroxylation is 2. The minimum absolute atomic E-state index is 0.0107. The highest BCUT2D eigenvalue weighted by molar-refractivity contribution is 6.10. The van der Waals surface area contributed by atoms with Crippen molar-refractivity contribution in [3.8, 4) is 0 Å². The summed E-state index contributed by atoms with van der Waals surface area (Å²) in [6.45, 7) is 9.72. The summed E-state index contributed by atoms with van der Waals surface area (Å²) in [6, 6.07) is 5.27. The largest absolute Gasteiger partial charge is 0.359 e. The third-order valence-electron chi connectivity index (χ3n) is 5.66. The molecule has 0 unspecified atom stereocenters. The average molecular weight is 427 g/mol. The average Bonchev–Trinajstić information content (AvgIpc) is 2.86. The second-order valence-electron chi connectivity index (χ2n) is 8.43. The van der Waals surface area contributed by atoms with Crippen molar-refractivity contribution in [1.29, 1.82) is 0 Å². The topological polar surface area (TPSA) is 92.7 Å². The van der Waals surface area contributed by atoms with Crippen LogP contribution in [0.15, 0.2) is 29.2 Å². The van der Waals surface area contributed by atoms with Gasteiger partial charge in [-0.1, -0.05) is 0 Å². The lowest BCUT2D eigenvalue weighted by molar-refractivity contribution is -0.121. The molecule has 166 valence electrons. The Balaban J connectivity index is 2.05. The van der Waals surface area contributed by atoms with Crippen molar-refractivity contribution in [3.63, 3.8) is 0 Å². The third kappa shape index (κ3) is 4.07. The van der Waals surface area contributed by atoms with Crippen LogP contribution in [-0.4, -0.2) is 36.3 Å². The van der Waals surface area contributed by atoms with E-state index in [1.807, 2.05) is 39.8 Å². The highest BCUT2D eigenvalue weighted by Crippen LogP contribution is 2.45. The number of hydrogen-bond acceptors (Lipinski definition) is 5. The molecule has 0 saturated carbocycles. The third-order valence-corrected chi connectivity index (χ3v) is 5.66. The van der Waals surface area contributed by atoms with Gasteiger partial charge in [0.1, 0.15) is 6.23 Å². The molecule has 0 saturated heterocycles. The molecule has 0 bridgehead atoms. The van der Waals surface area contributed by atoms with Crippen LogP contribution in [0.3, 0.4) is 0 Å². The number of amides is 2. The Bertz CT molecular complexity index is 1080. The Morgan fingerprint density at radius 2 is 1.84 bits per heavy atom.